The molecule has 0 spiro atoms. The van der Waals surface area contributed by atoms with Gasteiger partial charge in [0.2, 0.25) is 5.79 Å². The molecule has 0 saturated carbocycles. The zero-order chi connectivity index (χ0) is 15.1. The molecule has 0 aromatic heterocycles. The monoisotopic (exact) mass is 286 g/mol. The number of fused-ring (bicyclic) bond motifs is 2. The summed E-state index contributed by atoms with van der Waals surface area (Å²) in [6, 6.07) is 0. The summed E-state index contributed by atoms with van der Waals surface area (Å²) in [6.07, 6.45) is -1.35. The first-order valence-electron chi connectivity index (χ1n) is 6.97. The molecule has 20 heavy (non-hydrogen) atoms. The topological polar surface area (TPSA) is 74.2 Å². The smallest absolute Gasteiger partial charge is 0.206 e. The highest BCUT2D eigenvalue weighted by atomic mass is 16.9. The predicted octanol–water partition coefficient (Wildman–Crippen LogP) is 0.956. The van der Waals surface area contributed by atoms with Crippen molar-refractivity contribution in [3.63, 3.8) is 0 Å². The molecule has 7 atom stereocenters. The largest absolute Gasteiger partial charge is 0.390 e. The first kappa shape index (κ1) is 14.4. The summed E-state index contributed by atoms with van der Waals surface area (Å²) >= 11 is 0. The number of carbonyl (C=O) groups excluding carboxylic acids is 1. The third-order valence-corrected chi connectivity index (χ3v) is 4.97. The Bertz CT molecular complexity index is 478. The van der Waals surface area contributed by atoms with Crippen LogP contribution in [0.25, 0.3) is 0 Å². The Balaban J connectivity index is 2.22. The highest BCUT2D eigenvalue weighted by Gasteiger charge is 2.81. The quantitative estimate of drug-likeness (QED) is 0.815. The van der Waals surface area contributed by atoms with Crippen LogP contribution in [0.4, 0.5) is 0 Å². The predicted molar refractivity (Wildman–Crippen MR) is 67.6 cm³/mol. The van der Waals surface area contributed by atoms with E-state index in [1.165, 1.54) is 6.92 Å². The van der Waals surface area contributed by atoms with Crippen molar-refractivity contribution in [1.29, 1.82) is 0 Å². The van der Waals surface area contributed by atoms with Gasteiger partial charge in [0.15, 0.2) is 17.2 Å². The summed E-state index contributed by atoms with van der Waals surface area (Å²) in [4.78, 5) is 12.1. The van der Waals surface area contributed by atoms with E-state index in [0.29, 0.717) is 0 Å². The zero-order valence-electron chi connectivity index (χ0n) is 12.7. The molecule has 6 heteroatoms. The Morgan fingerprint density at radius 1 is 1.15 bits per heavy atom. The zero-order valence-corrected chi connectivity index (χ0v) is 12.7. The summed E-state index contributed by atoms with van der Waals surface area (Å²) < 4.78 is 24.0. The maximum atomic E-state index is 12.1. The fourth-order valence-electron chi connectivity index (χ4n) is 4.58. The molecule has 0 radical (unpaired) electrons. The molecule has 0 aromatic rings. The second-order valence-corrected chi connectivity index (χ2v) is 6.56. The van der Waals surface area contributed by atoms with Crippen LogP contribution >= 0.6 is 0 Å². The SMILES string of the molecule is CC(=O)[C@@H]1[C@]2(C)O[C@H](C)[C@]3([C@H](C)O)O[C@@]1(C)O[C@]3(C)O2. The van der Waals surface area contributed by atoms with Crippen LogP contribution in [0.15, 0.2) is 0 Å². The van der Waals surface area contributed by atoms with Crippen molar-refractivity contribution in [3.8, 4) is 0 Å². The lowest BCUT2D eigenvalue weighted by atomic mass is 9.80. The van der Waals surface area contributed by atoms with Gasteiger partial charge >= 0.3 is 0 Å². The first-order valence-corrected chi connectivity index (χ1v) is 6.97. The van der Waals surface area contributed by atoms with Crippen molar-refractivity contribution >= 4 is 5.78 Å². The lowest BCUT2D eigenvalue weighted by Gasteiger charge is -2.57. The summed E-state index contributed by atoms with van der Waals surface area (Å²) in [6.45, 7) is 10.1. The van der Waals surface area contributed by atoms with E-state index in [1.54, 1.807) is 27.7 Å². The van der Waals surface area contributed by atoms with Crippen molar-refractivity contribution in [2.75, 3.05) is 0 Å². The maximum absolute atomic E-state index is 12.1. The highest BCUT2D eigenvalue weighted by molar-refractivity contribution is 5.80. The number of ketones is 1. The number of Topliss-reactive ketones (excluding diaryl/α,β-unsaturated/α-hetero) is 1. The van der Waals surface area contributed by atoms with Gasteiger partial charge in [-0.25, -0.2) is 0 Å². The molecule has 3 fully saturated rings. The average molecular weight is 286 g/mol. The van der Waals surface area contributed by atoms with Crippen LogP contribution in [0.3, 0.4) is 0 Å². The molecule has 0 unspecified atom stereocenters. The second-order valence-electron chi connectivity index (χ2n) is 6.56. The van der Waals surface area contributed by atoms with Gasteiger partial charge in [-0.3, -0.25) is 4.79 Å². The number of ether oxygens (including phenoxy) is 4. The number of rotatable bonds is 2. The van der Waals surface area contributed by atoms with Crippen LogP contribution in [0.5, 0.6) is 0 Å². The van der Waals surface area contributed by atoms with Gasteiger partial charge in [0.25, 0.3) is 0 Å². The molecule has 0 aliphatic carbocycles. The van der Waals surface area contributed by atoms with Crippen LogP contribution in [-0.2, 0) is 23.7 Å². The summed E-state index contributed by atoms with van der Waals surface area (Å²) in [7, 11) is 0. The molecular weight excluding hydrogens is 264 g/mol. The molecule has 0 aromatic carbocycles. The normalized spacial score (nSPS) is 58.8. The summed E-state index contributed by atoms with van der Waals surface area (Å²) in [5.74, 6) is -4.30. The lowest BCUT2D eigenvalue weighted by Crippen LogP contribution is -2.74. The Kier molecular flexibility index (Phi) is 2.61. The Hall–Kier alpha value is -0.530. The fourth-order valence-corrected chi connectivity index (χ4v) is 4.58. The Morgan fingerprint density at radius 3 is 2.20 bits per heavy atom. The van der Waals surface area contributed by atoms with Crippen molar-refractivity contribution < 1.29 is 28.8 Å². The number of hydrogen-bond acceptors (Lipinski definition) is 6. The van der Waals surface area contributed by atoms with Gasteiger partial charge in [-0.1, -0.05) is 0 Å². The van der Waals surface area contributed by atoms with E-state index in [0.717, 1.165) is 0 Å². The van der Waals surface area contributed by atoms with E-state index >= 15 is 0 Å². The minimum absolute atomic E-state index is 0.132. The van der Waals surface area contributed by atoms with Crippen LogP contribution < -0.4 is 0 Å². The van der Waals surface area contributed by atoms with Crippen molar-refractivity contribution in [2.45, 2.75) is 76.7 Å². The van der Waals surface area contributed by atoms with Crippen LogP contribution in [0.1, 0.15) is 41.5 Å². The minimum atomic E-state index is -1.17. The highest BCUT2D eigenvalue weighted by Crippen LogP contribution is 2.63. The fraction of sp³-hybridized carbons (Fsp3) is 0.929. The number of hydrogen-bond donors (Lipinski definition) is 1. The van der Waals surface area contributed by atoms with Gasteiger partial charge in [0, 0.05) is 0 Å². The van der Waals surface area contributed by atoms with Crippen molar-refractivity contribution in [2.24, 2.45) is 5.92 Å². The molecule has 3 rings (SSSR count). The maximum Gasteiger partial charge on any atom is 0.206 e. The van der Waals surface area contributed by atoms with Crippen molar-refractivity contribution in [1.82, 2.24) is 0 Å². The third-order valence-electron chi connectivity index (χ3n) is 4.97. The van der Waals surface area contributed by atoms with Crippen molar-refractivity contribution in [3.05, 3.63) is 0 Å². The van der Waals surface area contributed by atoms with Gasteiger partial charge < -0.3 is 24.1 Å². The van der Waals surface area contributed by atoms with E-state index < -0.39 is 41.1 Å². The molecule has 3 aliphatic rings. The molecule has 3 saturated heterocycles. The van der Waals surface area contributed by atoms with E-state index in [2.05, 4.69) is 0 Å². The summed E-state index contributed by atoms with van der Waals surface area (Å²) in [5.41, 5.74) is -1.16. The van der Waals surface area contributed by atoms with Gasteiger partial charge in [0.05, 0.1) is 12.2 Å². The molecule has 3 aliphatic heterocycles. The molecule has 1 N–H and O–H groups in total. The average Bonchev–Trinajstić information content (AvgIpc) is 2.36. The van der Waals surface area contributed by atoms with Crippen LogP contribution in [0, 0.1) is 5.92 Å². The molecule has 6 nitrogen and oxygen atoms in total. The minimum Gasteiger partial charge on any atom is -0.390 e. The van der Waals surface area contributed by atoms with Crippen LogP contribution in [0.2, 0.25) is 0 Å². The van der Waals surface area contributed by atoms with E-state index in [9.17, 15) is 9.90 Å². The number of aliphatic hydroxyl groups excluding tert-OH is 1. The van der Waals surface area contributed by atoms with E-state index in [4.69, 9.17) is 18.9 Å². The Labute approximate surface area is 118 Å². The van der Waals surface area contributed by atoms with Gasteiger partial charge in [0.1, 0.15) is 11.7 Å². The molecule has 3 heterocycles. The lowest BCUT2D eigenvalue weighted by molar-refractivity contribution is -0.466. The summed E-state index contributed by atoms with van der Waals surface area (Å²) in [5, 5.41) is 10.3. The Morgan fingerprint density at radius 2 is 1.70 bits per heavy atom. The van der Waals surface area contributed by atoms with E-state index in [-0.39, 0.29) is 5.78 Å². The number of aliphatic hydroxyl groups is 1. The molecule has 114 valence electrons. The van der Waals surface area contributed by atoms with Gasteiger partial charge in [-0.05, 0) is 41.5 Å². The molecular formula is C14H22O6. The second kappa shape index (κ2) is 3.62. The third kappa shape index (κ3) is 1.34. The van der Waals surface area contributed by atoms with E-state index in [1.807, 2.05) is 6.92 Å². The van der Waals surface area contributed by atoms with Gasteiger partial charge in [-0.2, -0.15) is 0 Å². The standard InChI is InChI=1S/C14H22O6/c1-7(15)10-11(4)17-9(3)14(8(2)16)13(6,18-11)19-12(10,5)20-14/h8-10,16H,1-6H3/t8-,9+,10+,11+,12+,13-,14-/m0/s1. The first-order chi connectivity index (χ1) is 9.01. The number of carbonyl (C=O) groups is 1. The van der Waals surface area contributed by atoms with Crippen LogP contribution in [-0.4, -0.2) is 46.1 Å². The molecule has 0 amide bonds. The molecule has 3 bridgehead atoms. The van der Waals surface area contributed by atoms with Gasteiger partial charge in [-0.15, -0.1) is 0 Å².